The zero-order valence-corrected chi connectivity index (χ0v) is 8.68. The van der Waals surface area contributed by atoms with E-state index in [9.17, 15) is 0 Å². The molecular weight excluding hydrogens is 148 g/mol. The third-order valence-corrected chi connectivity index (χ3v) is 4.56. The highest BCUT2D eigenvalue weighted by Crippen LogP contribution is 2.71. The summed E-state index contributed by atoms with van der Waals surface area (Å²) in [5, 5.41) is 0. The minimum Gasteiger partial charge on any atom is -0.378 e. The van der Waals surface area contributed by atoms with E-state index in [1.54, 1.807) is 0 Å². The number of fused-ring (bicyclic) bond motifs is 1. The van der Waals surface area contributed by atoms with Gasteiger partial charge >= 0.3 is 0 Å². The molecule has 0 aliphatic heterocycles. The van der Waals surface area contributed by atoms with Crippen molar-refractivity contribution >= 4 is 0 Å². The minimum atomic E-state index is 0.213. The number of hydrogen-bond acceptors (Lipinski definition) is 1. The van der Waals surface area contributed by atoms with Crippen molar-refractivity contribution in [2.45, 2.75) is 45.6 Å². The summed E-state index contributed by atoms with van der Waals surface area (Å²) in [5.74, 6) is 1.70. The fraction of sp³-hybridized carbons (Fsp3) is 1.00. The zero-order chi connectivity index (χ0) is 8.98. The number of methoxy groups -OCH3 is 1. The molecule has 0 aromatic carbocycles. The average molecular weight is 168 g/mol. The zero-order valence-electron chi connectivity index (χ0n) is 8.68. The van der Waals surface area contributed by atoms with Gasteiger partial charge in [0.15, 0.2) is 0 Å². The highest BCUT2D eigenvalue weighted by Gasteiger charge is 2.67. The molecule has 1 heteroatoms. The van der Waals surface area contributed by atoms with Gasteiger partial charge in [-0.3, -0.25) is 0 Å². The second-order valence-corrected chi connectivity index (χ2v) is 5.16. The molecule has 2 aliphatic carbocycles. The molecule has 2 saturated carbocycles. The molecule has 2 aliphatic rings. The Morgan fingerprint density at radius 2 is 2.00 bits per heavy atom. The van der Waals surface area contributed by atoms with E-state index in [2.05, 4.69) is 20.8 Å². The lowest BCUT2D eigenvalue weighted by molar-refractivity contribution is -0.00818. The lowest BCUT2D eigenvalue weighted by atomic mass is 9.90. The molecule has 0 saturated heterocycles. The van der Waals surface area contributed by atoms with Crippen molar-refractivity contribution in [3.63, 3.8) is 0 Å². The van der Waals surface area contributed by atoms with Crippen LogP contribution in [0.15, 0.2) is 0 Å². The van der Waals surface area contributed by atoms with E-state index < -0.39 is 0 Å². The lowest BCUT2D eigenvalue weighted by Crippen LogP contribution is -2.27. The molecule has 2 fully saturated rings. The highest BCUT2D eigenvalue weighted by molar-refractivity contribution is 5.17. The monoisotopic (exact) mass is 168 g/mol. The van der Waals surface area contributed by atoms with Crippen LogP contribution in [0.4, 0.5) is 0 Å². The van der Waals surface area contributed by atoms with Crippen LogP contribution < -0.4 is 0 Å². The van der Waals surface area contributed by atoms with Crippen molar-refractivity contribution in [3.8, 4) is 0 Å². The van der Waals surface area contributed by atoms with E-state index in [0.29, 0.717) is 5.41 Å². The van der Waals surface area contributed by atoms with Gasteiger partial charge in [-0.15, -0.1) is 0 Å². The minimum absolute atomic E-state index is 0.213. The molecule has 1 unspecified atom stereocenters. The van der Waals surface area contributed by atoms with E-state index >= 15 is 0 Å². The van der Waals surface area contributed by atoms with Gasteiger partial charge in [0, 0.05) is 7.11 Å². The molecule has 3 atom stereocenters. The first-order valence-electron chi connectivity index (χ1n) is 5.10. The summed E-state index contributed by atoms with van der Waals surface area (Å²) in [4.78, 5) is 0. The topological polar surface area (TPSA) is 9.23 Å². The lowest BCUT2D eigenvalue weighted by Gasteiger charge is -2.23. The molecule has 0 aromatic rings. The van der Waals surface area contributed by atoms with Gasteiger partial charge in [-0.2, -0.15) is 0 Å². The highest BCUT2D eigenvalue weighted by atomic mass is 16.5. The fourth-order valence-electron chi connectivity index (χ4n) is 3.25. The average Bonchev–Trinajstić information content (AvgIpc) is 2.72. The van der Waals surface area contributed by atoms with Crippen LogP contribution in [0.25, 0.3) is 0 Å². The molecule has 0 bridgehead atoms. The van der Waals surface area contributed by atoms with Crippen LogP contribution in [0.2, 0.25) is 0 Å². The molecule has 0 amide bonds. The smallest absolute Gasteiger partial charge is 0.0684 e. The maximum absolute atomic E-state index is 5.63. The first-order valence-corrected chi connectivity index (χ1v) is 5.10. The fourth-order valence-corrected chi connectivity index (χ4v) is 3.25. The van der Waals surface area contributed by atoms with Gasteiger partial charge in [0.2, 0.25) is 0 Å². The SMILES string of the molecule is COC1(C)CC[C@]2(C(C)C)C[C@H]12. The molecule has 12 heavy (non-hydrogen) atoms. The number of rotatable bonds is 2. The predicted molar refractivity (Wildman–Crippen MR) is 50.0 cm³/mol. The summed E-state index contributed by atoms with van der Waals surface area (Å²) in [5.41, 5.74) is 0.884. The van der Waals surface area contributed by atoms with Crippen LogP contribution in [0.3, 0.4) is 0 Å². The number of hydrogen-bond donors (Lipinski definition) is 0. The summed E-state index contributed by atoms with van der Waals surface area (Å²) in [6.07, 6.45) is 4.07. The Balaban J connectivity index is 2.15. The number of ether oxygens (including phenoxy) is 1. The second-order valence-electron chi connectivity index (χ2n) is 5.16. The molecule has 1 nitrogen and oxygen atoms in total. The maximum Gasteiger partial charge on any atom is 0.0684 e. The van der Waals surface area contributed by atoms with E-state index in [0.717, 1.165) is 11.8 Å². The van der Waals surface area contributed by atoms with Gasteiger partial charge in [0.25, 0.3) is 0 Å². The Labute approximate surface area is 75.5 Å². The quantitative estimate of drug-likeness (QED) is 0.616. The third kappa shape index (κ3) is 0.834. The van der Waals surface area contributed by atoms with Crippen LogP contribution in [-0.4, -0.2) is 12.7 Å². The Bertz CT molecular complexity index is 199. The summed E-state index contributed by atoms with van der Waals surface area (Å²) in [6, 6.07) is 0. The van der Waals surface area contributed by atoms with Crippen molar-refractivity contribution in [1.82, 2.24) is 0 Å². The van der Waals surface area contributed by atoms with Gasteiger partial charge in [0.05, 0.1) is 5.60 Å². The first-order chi connectivity index (χ1) is 5.55. The third-order valence-electron chi connectivity index (χ3n) is 4.56. The van der Waals surface area contributed by atoms with Gasteiger partial charge in [-0.05, 0) is 43.4 Å². The van der Waals surface area contributed by atoms with Gasteiger partial charge in [-0.1, -0.05) is 13.8 Å². The second kappa shape index (κ2) is 2.25. The maximum atomic E-state index is 5.63. The van der Waals surface area contributed by atoms with Crippen LogP contribution in [0.5, 0.6) is 0 Å². The van der Waals surface area contributed by atoms with Crippen LogP contribution >= 0.6 is 0 Å². The van der Waals surface area contributed by atoms with Crippen LogP contribution in [0, 0.1) is 17.3 Å². The molecule has 0 spiro atoms. The van der Waals surface area contributed by atoms with Crippen LogP contribution in [-0.2, 0) is 4.74 Å². The van der Waals surface area contributed by atoms with Crippen molar-refractivity contribution in [1.29, 1.82) is 0 Å². The molecular formula is C11H20O. The van der Waals surface area contributed by atoms with Crippen molar-refractivity contribution in [3.05, 3.63) is 0 Å². The van der Waals surface area contributed by atoms with Crippen molar-refractivity contribution in [2.24, 2.45) is 17.3 Å². The van der Waals surface area contributed by atoms with Gasteiger partial charge in [-0.25, -0.2) is 0 Å². The molecule has 2 rings (SSSR count). The molecule has 0 N–H and O–H groups in total. The van der Waals surface area contributed by atoms with E-state index in [1.165, 1.54) is 19.3 Å². The summed E-state index contributed by atoms with van der Waals surface area (Å²) in [7, 11) is 1.87. The van der Waals surface area contributed by atoms with E-state index in [1.807, 2.05) is 7.11 Å². The largest absolute Gasteiger partial charge is 0.378 e. The summed E-state index contributed by atoms with van der Waals surface area (Å²) in [6.45, 7) is 7.01. The summed E-state index contributed by atoms with van der Waals surface area (Å²) < 4.78 is 5.63. The summed E-state index contributed by atoms with van der Waals surface area (Å²) >= 11 is 0. The molecule has 0 radical (unpaired) electrons. The van der Waals surface area contributed by atoms with Crippen molar-refractivity contribution in [2.75, 3.05) is 7.11 Å². The van der Waals surface area contributed by atoms with Gasteiger partial charge < -0.3 is 4.74 Å². The molecule has 0 aromatic heterocycles. The van der Waals surface area contributed by atoms with Crippen molar-refractivity contribution < 1.29 is 4.74 Å². The molecule has 70 valence electrons. The van der Waals surface area contributed by atoms with Crippen LogP contribution in [0.1, 0.15) is 40.0 Å². The Kier molecular flexibility index (Phi) is 1.61. The Morgan fingerprint density at radius 1 is 1.33 bits per heavy atom. The first kappa shape index (κ1) is 8.55. The van der Waals surface area contributed by atoms with E-state index in [-0.39, 0.29) is 5.60 Å². The molecule has 0 heterocycles. The van der Waals surface area contributed by atoms with Gasteiger partial charge in [0.1, 0.15) is 0 Å². The Morgan fingerprint density at radius 3 is 2.25 bits per heavy atom. The Hall–Kier alpha value is -0.0400. The predicted octanol–water partition coefficient (Wildman–Crippen LogP) is 2.85. The normalized spacial score (nSPS) is 51.2. The van der Waals surface area contributed by atoms with E-state index in [4.69, 9.17) is 4.74 Å². The standard InChI is InChI=1S/C11H20O/c1-8(2)11-6-5-10(3,12-4)9(11)7-11/h8-9H,5-7H2,1-4H3/t9-,10?,11-/m1/s1.